The molecule has 0 spiro atoms. The van der Waals surface area contributed by atoms with E-state index in [1.807, 2.05) is 37.4 Å². The van der Waals surface area contributed by atoms with E-state index in [2.05, 4.69) is 21.8 Å². The lowest BCUT2D eigenvalue weighted by atomic mass is 10.1. The number of ether oxygens (including phenoxy) is 2. The Labute approximate surface area is 204 Å². The predicted octanol–water partition coefficient (Wildman–Crippen LogP) is 1.23. The number of nitrogens with zero attached hydrogens (tertiary/aromatic N) is 4. The van der Waals surface area contributed by atoms with Gasteiger partial charge in [0.1, 0.15) is 11.9 Å². The van der Waals surface area contributed by atoms with Crippen molar-refractivity contribution in [2.24, 2.45) is 7.05 Å². The van der Waals surface area contributed by atoms with Crippen molar-refractivity contribution in [3.8, 4) is 11.4 Å². The van der Waals surface area contributed by atoms with Crippen molar-refractivity contribution in [3.05, 3.63) is 51.9 Å². The zero-order chi connectivity index (χ0) is 25.1. The molecular formula is C25H33N5O5. The minimum atomic E-state index is -0.955. The molecule has 2 unspecified atom stereocenters. The third-order valence-electron chi connectivity index (χ3n) is 6.53. The summed E-state index contributed by atoms with van der Waals surface area (Å²) in [5.74, 6) is -0.172. The normalized spacial score (nSPS) is 17.7. The molecule has 188 valence electrons. The average molecular weight is 484 g/mol. The predicted molar refractivity (Wildman–Crippen MR) is 133 cm³/mol. The Balaban J connectivity index is 1.73. The first-order valence-corrected chi connectivity index (χ1v) is 11.7. The number of aliphatic carboxylic acids is 1. The Hall–Kier alpha value is -3.05. The third-order valence-corrected chi connectivity index (χ3v) is 6.53. The first-order chi connectivity index (χ1) is 16.8. The van der Waals surface area contributed by atoms with Crippen LogP contribution in [0.4, 0.5) is 0 Å². The number of likely N-dealkylation sites (N-methyl/N-ethyl adjacent to an activating group) is 1. The summed E-state index contributed by atoms with van der Waals surface area (Å²) in [5, 5.41) is 12.4. The van der Waals surface area contributed by atoms with Gasteiger partial charge in [-0.15, -0.1) is 0 Å². The van der Waals surface area contributed by atoms with E-state index < -0.39 is 12.0 Å². The molecule has 0 bridgehead atoms. The lowest BCUT2D eigenvalue weighted by Crippen LogP contribution is -2.45. The van der Waals surface area contributed by atoms with Crippen molar-refractivity contribution in [2.75, 3.05) is 40.5 Å². The number of carbonyl (C=O) groups is 1. The fourth-order valence-electron chi connectivity index (χ4n) is 4.46. The molecule has 3 aromatic rings. The van der Waals surface area contributed by atoms with Crippen molar-refractivity contribution >= 4 is 17.0 Å². The summed E-state index contributed by atoms with van der Waals surface area (Å²) < 4.78 is 14.5. The molecule has 1 fully saturated rings. The number of carboxylic acids is 1. The van der Waals surface area contributed by atoms with Crippen LogP contribution >= 0.6 is 0 Å². The van der Waals surface area contributed by atoms with Gasteiger partial charge in [0.25, 0.3) is 5.56 Å². The topological polar surface area (TPSA) is 111 Å². The third kappa shape index (κ3) is 5.46. The summed E-state index contributed by atoms with van der Waals surface area (Å²) >= 11 is 0. The molecule has 0 saturated carbocycles. The van der Waals surface area contributed by atoms with Crippen LogP contribution in [0, 0.1) is 6.92 Å². The highest BCUT2D eigenvalue weighted by atomic mass is 16.5. The van der Waals surface area contributed by atoms with Crippen LogP contribution in [-0.4, -0.2) is 82.7 Å². The number of hydrogen-bond donors (Lipinski definition) is 2. The number of fused-ring (bicyclic) bond motifs is 1. The van der Waals surface area contributed by atoms with Crippen molar-refractivity contribution in [3.63, 3.8) is 0 Å². The van der Waals surface area contributed by atoms with E-state index >= 15 is 0 Å². The van der Waals surface area contributed by atoms with Gasteiger partial charge in [-0.3, -0.25) is 19.8 Å². The molecule has 10 heteroatoms. The number of morpholine rings is 1. The van der Waals surface area contributed by atoms with Crippen LogP contribution in [0.25, 0.3) is 22.4 Å². The number of carboxylic acid groups (broad SMARTS) is 1. The number of methoxy groups -OCH3 is 1. The number of nitrogens with one attached hydrogen (secondary N) is 1. The van der Waals surface area contributed by atoms with Crippen LogP contribution in [0.3, 0.4) is 0 Å². The van der Waals surface area contributed by atoms with Gasteiger partial charge >= 0.3 is 5.97 Å². The Morgan fingerprint density at radius 3 is 2.83 bits per heavy atom. The number of pyridine rings is 1. The van der Waals surface area contributed by atoms with E-state index in [0.29, 0.717) is 25.3 Å². The summed E-state index contributed by atoms with van der Waals surface area (Å²) in [7, 11) is 5.33. The van der Waals surface area contributed by atoms with Crippen LogP contribution in [0.1, 0.15) is 11.1 Å². The van der Waals surface area contributed by atoms with E-state index in [9.17, 15) is 14.7 Å². The molecule has 1 aliphatic heterocycles. The van der Waals surface area contributed by atoms with Crippen LogP contribution in [0.5, 0.6) is 0 Å². The van der Waals surface area contributed by atoms with Crippen LogP contribution in [0.15, 0.2) is 35.3 Å². The minimum absolute atomic E-state index is 0.0331. The molecule has 0 radical (unpaired) electrons. The highest BCUT2D eigenvalue weighted by molar-refractivity contribution is 5.81. The molecule has 2 aromatic heterocycles. The molecule has 0 aliphatic carbocycles. The largest absolute Gasteiger partial charge is 0.480 e. The van der Waals surface area contributed by atoms with Gasteiger partial charge < -0.3 is 23.7 Å². The molecule has 2 atom stereocenters. The molecule has 3 heterocycles. The fourth-order valence-corrected chi connectivity index (χ4v) is 4.46. The monoisotopic (exact) mass is 483 g/mol. The molecule has 1 aliphatic rings. The molecule has 35 heavy (non-hydrogen) atoms. The molecule has 2 N–H and O–H groups in total. The fraction of sp³-hybridized carbons (Fsp3) is 0.480. The van der Waals surface area contributed by atoms with Gasteiger partial charge in [-0.25, -0.2) is 4.98 Å². The highest BCUT2D eigenvalue weighted by Crippen LogP contribution is 2.27. The molecule has 4 rings (SSSR count). The summed E-state index contributed by atoms with van der Waals surface area (Å²) in [4.78, 5) is 31.0. The number of benzene rings is 1. The summed E-state index contributed by atoms with van der Waals surface area (Å²) in [5.41, 5.74) is 4.19. The molecule has 10 nitrogen and oxygen atoms in total. The van der Waals surface area contributed by atoms with Crippen molar-refractivity contribution in [1.82, 2.24) is 24.3 Å². The van der Waals surface area contributed by atoms with Gasteiger partial charge in [0.05, 0.1) is 36.9 Å². The number of imidazole rings is 1. The summed E-state index contributed by atoms with van der Waals surface area (Å²) in [6, 6.07) is 7.26. The lowest BCUT2D eigenvalue weighted by molar-refractivity contribution is -0.140. The maximum Gasteiger partial charge on any atom is 0.323 e. The van der Waals surface area contributed by atoms with E-state index in [-0.39, 0.29) is 18.2 Å². The quantitative estimate of drug-likeness (QED) is 0.468. The maximum atomic E-state index is 12.3. The minimum Gasteiger partial charge on any atom is -0.480 e. The van der Waals surface area contributed by atoms with Crippen molar-refractivity contribution in [1.29, 1.82) is 0 Å². The second-order valence-corrected chi connectivity index (χ2v) is 9.13. The number of aromatic nitrogens is 3. The zero-order valence-electron chi connectivity index (χ0n) is 20.7. The molecule has 1 aromatic carbocycles. The van der Waals surface area contributed by atoms with Gasteiger partial charge in [0.2, 0.25) is 0 Å². The maximum absolute atomic E-state index is 12.3. The first-order valence-electron chi connectivity index (χ1n) is 11.7. The van der Waals surface area contributed by atoms with Gasteiger partial charge in [0, 0.05) is 51.1 Å². The standard InChI is InChI=1S/C25H33N5O5/c1-16-9-18(12-29(3)24(16)31)23-27-20-10-17(11-26-21(15-34-4)25(32)33)5-6-22(20)30(23)13-19-14-35-8-7-28(19)2/h5-6,9-10,12,19,21,26H,7-8,11,13-15H2,1-4H3,(H,32,33). The van der Waals surface area contributed by atoms with Gasteiger partial charge in [-0.05, 0) is 37.7 Å². The zero-order valence-corrected chi connectivity index (χ0v) is 20.7. The van der Waals surface area contributed by atoms with E-state index in [0.717, 1.165) is 41.1 Å². The van der Waals surface area contributed by atoms with E-state index in [1.54, 1.807) is 11.6 Å². The Morgan fingerprint density at radius 1 is 1.34 bits per heavy atom. The first kappa shape index (κ1) is 25.1. The SMILES string of the molecule is COCC(NCc1ccc2c(c1)nc(-c1cc(C)c(=O)n(C)c1)n2CC1COCCN1C)C(=O)O. The van der Waals surface area contributed by atoms with Crippen molar-refractivity contribution in [2.45, 2.75) is 32.1 Å². The molecular weight excluding hydrogens is 450 g/mol. The number of aryl methyl sites for hydroxylation is 2. The van der Waals surface area contributed by atoms with Crippen molar-refractivity contribution < 1.29 is 19.4 Å². The summed E-state index contributed by atoms with van der Waals surface area (Å²) in [6.07, 6.45) is 1.82. The lowest BCUT2D eigenvalue weighted by Gasteiger charge is -2.33. The van der Waals surface area contributed by atoms with Crippen LogP contribution in [-0.2, 0) is 34.4 Å². The van der Waals surface area contributed by atoms with E-state index in [4.69, 9.17) is 14.5 Å². The van der Waals surface area contributed by atoms with Gasteiger partial charge in [-0.1, -0.05) is 6.07 Å². The second kappa shape index (κ2) is 10.7. The van der Waals surface area contributed by atoms with Gasteiger partial charge in [-0.2, -0.15) is 0 Å². The number of hydrogen-bond acceptors (Lipinski definition) is 7. The Bertz CT molecular complexity index is 1240. The molecule has 1 saturated heterocycles. The smallest absolute Gasteiger partial charge is 0.323 e. The summed E-state index contributed by atoms with van der Waals surface area (Å²) in [6.45, 7) is 5.19. The van der Waals surface area contributed by atoms with E-state index in [1.165, 1.54) is 7.11 Å². The van der Waals surface area contributed by atoms with Gasteiger partial charge in [0.15, 0.2) is 0 Å². The van der Waals surface area contributed by atoms with Crippen LogP contribution < -0.4 is 10.9 Å². The highest BCUT2D eigenvalue weighted by Gasteiger charge is 2.24. The Morgan fingerprint density at radius 2 is 2.14 bits per heavy atom. The molecule has 0 amide bonds. The average Bonchev–Trinajstić information content (AvgIpc) is 3.18. The second-order valence-electron chi connectivity index (χ2n) is 9.13. The Kier molecular flexibility index (Phi) is 7.66. The number of rotatable bonds is 9. The van der Waals surface area contributed by atoms with Crippen LogP contribution in [0.2, 0.25) is 0 Å².